The lowest BCUT2D eigenvalue weighted by Crippen LogP contribution is -2.39. The normalized spacial score (nSPS) is 18.1. The maximum absolute atomic E-state index is 5.98. The molecule has 0 spiro atoms. The van der Waals surface area contributed by atoms with Crippen molar-refractivity contribution in [3.8, 4) is 11.5 Å². The van der Waals surface area contributed by atoms with E-state index in [-0.39, 0.29) is 0 Å². The Morgan fingerprint density at radius 1 is 1.22 bits per heavy atom. The zero-order valence-electron chi connectivity index (χ0n) is 15.6. The molecule has 0 amide bonds. The molecule has 1 fully saturated rings. The smallest absolute Gasteiger partial charge is 0.226 e. The van der Waals surface area contributed by atoms with E-state index in [1.165, 1.54) is 19.3 Å². The summed E-state index contributed by atoms with van der Waals surface area (Å²) in [5, 5.41) is 0.719. The second kappa shape index (κ2) is 8.28. The molecule has 0 saturated carbocycles. The zero-order chi connectivity index (χ0) is 18.6. The Kier molecular flexibility index (Phi) is 5.60. The minimum absolute atomic E-state index is 0.580. The summed E-state index contributed by atoms with van der Waals surface area (Å²) in [4.78, 5) is 11.5. The van der Waals surface area contributed by atoms with Crippen molar-refractivity contribution in [2.45, 2.75) is 51.7 Å². The summed E-state index contributed by atoms with van der Waals surface area (Å²) in [7, 11) is 0. The monoisotopic (exact) mass is 384 g/mol. The summed E-state index contributed by atoms with van der Waals surface area (Å²) in [5.74, 6) is 1.57. The van der Waals surface area contributed by atoms with E-state index in [1.807, 2.05) is 49.9 Å². The van der Waals surface area contributed by atoms with Gasteiger partial charge in [0, 0.05) is 42.1 Å². The van der Waals surface area contributed by atoms with Crippen LogP contribution >= 0.6 is 11.6 Å². The van der Waals surface area contributed by atoms with Crippen molar-refractivity contribution < 1.29 is 4.42 Å². The molecule has 1 saturated heterocycles. The fourth-order valence-electron chi connectivity index (χ4n) is 3.80. The number of hydrogen-bond donors (Lipinski definition) is 0. The Morgan fingerprint density at radius 3 is 2.85 bits per heavy atom. The average molecular weight is 385 g/mol. The largest absolute Gasteiger partial charge is 0.441 e. The molecule has 1 unspecified atom stereocenters. The summed E-state index contributed by atoms with van der Waals surface area (Å²) in [6, 6.07) is 8.22. The van der Waals surface area contributed by atoms with E-state index in [1.54, 1.807) is 0 Å². The summed E-state index contributed by atoms with van der Waals surface area (Å²) in [6.45, 7) is 4.98. The van der Waals surface area contributed by atoms with Crippen molar-refractivity contribution in [3.63, 3.8) is 0 Å². The van der Waals surface area contributed by atoms with E-state index in [0.717, 1.165) is 48.1 Å². The van der Waals surface area contributed by atoms with Crippen LogP contribution in [0.3, 0.4) is 0 Å². The molecular weight excluding hydrogens is 360 g/mol. The predicted octanol–water partition coefficient (Wildman–Crippen LogP) is 4.94. The van der Waals surface area contributed by atoms with Crippen molar-refractivity contribution in [3.05, 3.63) is 59.5 Å². The van der Waals surface area contributed by atoms with E-state index < -0.39 is 0 Å². The molecule has 0 aliphatic carbocycles. The van der Waals surface area contributed by atoms with Crippen LogP contribution in [0.25, 0.3) is 11.5 Å². The van der Waals surface area contributed by atoms with Crippen LogP contribution in [-0.2, 0) is 13.1 Å². The molecule has 1 atom stereocenters. The van der Waals surface area contributed by atoms with Crippen LogP contribution in [0.4, 0.5) is 0 Å². The zero-order valence-corrected chi connectivity index (χ0v) is 16.4. The van der Waals surface area contributed by atoms with E-state index in [2.05, 4.69) is 14.5 Å². The van der Waals surface area contributed by atoms with Crippen molar-refractivity contribution in [1.29, 1.82) is 0 Å². The second-order valence-electron chi connectivity index (χ2n) is 7.24. The SMILES string of the molecule is Cc1oc(-c2ccc(Cl)cc2)nc1CN1CCCCC1CCn1ccnc1. The Hall–Kier alpha value is -2.11. The number of piperidine rings is 1. The molecule has 142 valence electrons. The van der Waals surface area contributed by atoms with Gasteiger partial charge in [0.1, 0.15) is 5.76 Å². The molecule has 2 aromatic heterocycles. The van der Waals surface area contributed by atoms with Crippen LogP contribution in [0, 0.1) is 6.92 Å². The molecule has 1 aromatic carbocycles. The van der Waals surface area contributed by atoms with Gasteiger partial charge < -0.3 is 8.98 Å². The van der Waals surface area contributed by atoms with Crippen molar-refractivity contribution >= 4 is 11.6 Å². The summed E-state index contributed by atoms with van der Waals surface area (Å²) in [6.07, 6.45) is 10.7. The van der Waals surface area contributed by atoms with Gasteiger partial charge in [0.25, 0.3) is 0 Å². The second-order valence-corrected chi connectivity index (χ2v) is 7.67. The van der Waals surface area contributed by atoms with Gasteiger partial charge >= 0.3 is 0 Å². The van der Waals surface area contributed by atoms with Crippen LogP contribution in [0.5, 0.6) is 0 Å². The van der Waals surface area contributed by atoms with E-state index in [9.17, 15) is 0 Å². The first kappa shape index (κ1) is 18.3. The summed E-state index contributed by atoms with van der Waals surface area (Å²) in [5.41, 5.74) is 2.00. The number of hydrogen-bond acceptors (Lipinski definition) is 4. The van der Waals surface area contributed by atoms with Gasteiger partial charge in [0.05, 0.1) is 12.0 Å². The highest BCUT2D eigenvalue weighted by Gasteiger charge is 2.24. The molecule has 3 aromatic rings. The molecule has 6 heteroatoms. The van der Waals surface area contributed by atoms with Gasteiger partial charge in [0.2, 0.25) is 5.89 Å². The van der Waals surface area contributed by atoms with E-state index in [0.29, 0.717) is 11.9 Å². The van der Waals surface area contributed by atoms with Gasteiger partial charge in [-0.05, 0) is 57.0 Å². The molecule has 0 bridgehead atoms. The highest BCUT2D eigenvalue weighted by Crippen LogP contribution is 2.27. The van der Waals surface area contributed by atoms with Crippen LogP contribution in [0.1, 0.15) is 37.1 Å². The molecule has 4 rings (SSSR count). The van der Waals surface area contributed by atoms with Gasteiger partial charge in [-0.15, -0.1) is 0 Å². The number of imidazole rings is 1. The summed E-state index contributed by atoms with van der Waals surface area (Å²) < 4.78 is 8.10. The number of halogens is 1. The predicted molar refractivity (Wildman–Crippen MR) is 107 cm³/mol. The Morgan fingerprint density at radius 2 is 2.07 bits per heavy atom. The van der Waals surface area contributed by atoms with Gasteiger partial charge in [-0.25, -0.2) is 9.97 Å². The lowest BCUT2D eigenvalue weighted by Gasteiger charge is -2.35. The lowest BCUT2D eigenvalue weighted by atomic mass is 9.99. The van der Waals surface area contributed by atoms with Crippen molar-refractivity contribution in [2.75, 3.05) is 6.54 Å². The third-order valence-corrected chi connectivity index (χ3v) is 5.62. The molecular formula is C21H25ClN4O. The van der Waals surface area contributed by atoms with Crippen LogP contribution < -0.4 is 0 Å². The maximum atomic E-state index is 5.98. The minimum Gasteiger partial charge on any atom is -0.441 e. The van der Waals surface area contributed by atoms with E-state index in [4.69, 9.17) is 21.0 Å². The molecule has 3 heterocycles. The van der Waals surface area contributed by atoms with Crippen molar-refractivity contribution in [2.24, 2.45) is 0 Å². The number of oxazole rings is 1. The molecule has 27 heavy (non-hydrogen) atoms. The first-order chi connectivity index (χ1) is 13.2. The number of rotatable bonds is 6. The molecule has 1 aliphatic heterocycles. The third kappa shape index (κ3) is 4.42. The van der Waals surface area contributed by atoms with Gasteiger partial charge in [-0.1, -0.05) is 18.0 Å². The minimum atomic E-state index is 0.580. The first-order valence-corrected chi connectivity index (χ1v) is 9.99. The average Bonchev–Trinajstić information content (AvgIpc) is 3.32. The Bertz CT molecular complexity index is 857. The number of benzene rings is 1. The molecule has 0 N–H and O–H groups in total. The van der Waals surface area contributed by atoms with E-state index >= 15 is 0 Å². The maximum Gasteiger partial charge on any atom is 0.226 e. The fourth-order valence-corrected chi connectivity index (χ4v) is 3.92. The fraction of sp³-hybridized carbons (Fsp3) is 0.429. The van der Waals surface area contributed by atoms with Gasteiger partial charge in [-0.3, -0.25) is 4.90 Å². The number of nitrogens with zero attached hydrogens (tertiary/aromatic N) is 4. The third-order valence-electron chi connectivity index (χ3n) is 5.37. The van der Waals surface area contributed by atoms with Crippen LogP contribution in [0.2, 0.25) is 5.02 Å². The Balaban J connectivity index is 1.45. The molecule has 0 radical (unpaired) electrons. The van der Waals surface area contributed by atoms with Crippen LogP contribution in [0.15, 0.2) is 47.4 Å². The standard InChI is InChI=1S/C21H25ClN4O/c1-16-20(24-21(27-16)17-5-7-18(22)8-6-17)14-26-11-3-2-4-19(26)9-12-25-13-10-23-15-25/h5-8,10,13,15,19H,2-4,9,11-12,14H2,1H3. The number of aryl methyl sites for hydroxylation is 2. The van der Waals surface area contributed by atoms with Crippen molar-refractivity contribution in [1.82, 2.24) is 19.4 Å². The highest BCUT2D eigenvalue weighted by atomic mass is 35.5. The summed E-state index contributed by atoms with van der Waals surface area (Å²) >= 11 is 5.98. The highest BCUT2D eigenvalue weighted by molar-refractivity contribution is 6.30. The Labute approximate surface area is 165 Å². The molecule has 5 nitrogen and oxygen atoms in total. The molecule has 1 aliphatic rings. The lowest BCUT2D eigenvalue weighted by molar-refractivity contribution is 0.126. The number of aromatic nitrogens is 3. The first-order valence-electron chi connectivity index (χ1n) is 9.61. The quantitative estimate of drug-likeness (QED) is 0.603. The topological polar surface area (TPSA) is 47.1 Å². The van der Waals surface area contributed by atoms with Gasteiger partial charge in [-0.2, -0.15) is 0 Å². The van der Waals surface area contributed by atoms with Gasteiger partial charge in [0.15, 0.2) is 0 Å². The van der Waals surface area contributed by atoms with Crippen LogP contribution in [-0.4, -0.2) is 32.0 Å². The number of likely N-dealkylation sites (tertiary alicyclic amines) is 1.